The molecule has 88 valence electrons. The fourth-order valence-electron chi connectivity index (χ4n) is 2.12. The predicted octanol–water partition coefficient (Wildman–Crippen LogP) is 1.17. The number of aryl methyl sites for hydroxylation is 2. The first-order chi connectivity index (χ1) is 7.68. The standard InChI is InChI=1S/C12H19N3O/c1-9-5-6-10(2)15(9)14-12(16)11-4-3-7-13-8-11/h5-6,11,13H,3-4,7-8H2,1-2H3,(H,14,16)/t11-/m0/s1. The van der Waals surface area contributed by atoms with Gasteiger partial charge in [-0.3, -0.25) is 14.9 Å². The smallest absolute Gasteiger partial charge is 0.243 e. The molecule has 1 atom stereocenters. The van der Waals surface area contributed by atoms with Crippen molar-refractivity contribution in [2.24, 2.45) is 5.92 Å². The third-order valence-electron chi connectivity index (χ3n) is 3.16. The molecule has 0 aromatic carbocycles. The number of rotatable bonds is 2. The molecule has 0 aliphatic carbocycles. The van der Waals surface area contributed by atoms with Crippen molar-refractivity contribution >= 4 is 5.91 Å². The Bertz CT molecular complexity index is 358. The van der Waals surface area contributed by atoms with E-state index in [0.29, 0.717) is 0 Å². The number of aromatic nitrogens is 1. The molecular weight excluding hydrogens is 202 g/mol. The highest BCUT2D eigenvalue weighted by Crippen LogP contribution is 2.11. The van der Waals surface area contributed by atoms with Crippen molar-refractivity contribution in [1.82, 2.24) is 9.99 Å². The summed E-state index contributed by atoms with van der Waals surface area (Å²) in [6.07, 6.45) is 2.07. The Morgan fingerprint density at radius 2 is 2.12 bits per heavy atom. The minimum absolute atomic E-state index is 0.106. The van der Waals surface area contributed by atoms with Gasteiger partial charge in [0.15, 0.2) is 0 Å². The Balaban J connectivity index is 2.01. The first-order valence-electron chi connectivity index (χ1n) is 5.85. The third kappa shape index (κ3) is 2.27. The molecule has 1 aliphatic heterocycles. The summed E-state index contributed by atoms with van der Waals surface area (Å²) >= 11 is 0. The van der Waals surface area contributed by atoms with Crippen LogP contribution in [0, 0.1) is 19.8 Å². The quantitative estimate of drug-likeness (QED) is 0.787. The lowest BCUT2D eigenvalue weighted by molar-refractivity contribution is -0.121. The highest BCUT2D eigenvalue weighted by Gasteiger charge is 2.21. The summed E-state index contributed by atoms with van der Waals surface area (Å²) in [6, 6.07) is 4.02. The van der Waals surface area contributed by atoms with Crippen LogP contribution < -0.4 is 10.7 Å². The number of amides is 1. The fourth-order valence-corrected chi connectivity index (χ4v) is 2.12. The van der Waals surface area contributed by atoms with Gasteiger partial charge in [-0.05, 0) is 45.4 Å². The van der Waals surface area contributed by atoms with E-state index in [-0.39, 0.29) is 11.8 Å². The van der Waals surface area contributed by atoms with Crippen LogP contribution in [0.3, 0.4) is 0 Å². The fraction of sp³-hybridized carbons (Fsp3) is 0.583. The van der Waals surface area contributed by atoms with Gasteiger partial charge in [0.25, 0.3) is 0 Å². The van der Waals surface area contributed by atoms with Crippen LogP contribution in [0.15, 0.2) is 12.1 Å². The molecule has 1 aromatic rings. The number of carbonyl (C=O) groups excluding carboxylic acids is 1. The van der Waals surface area contributed by atoms with E-state index in [1.165, 1.54) is 0 Å². The van der Waals surface area contributed by atoms with E-state index in [1.807, 2.05) is 30.7 Å². The Morgan fingerprint density at radius 1 is 1.44 bits per heavy atom. The van der Waals surface area contributed by atoms with Crippen molar-refractivity contribution in [3.63, 3.8) is 0 Å². The Kier molecular flexibility index (Phi) is 3.29. The molecule has 16 heavy (non-hydrogen) atoms. The van der Waals surface area contributed by atoms with Crippen molar-refractivity contribution in [1.29, 1.82) is 0 Å². The van der Waals surface area contributed by atoms with E-state index in [4.69, 9.17) is 0 Å². The van der Waals surface area contributed by atoms with Crippen molar-refractivity contribution in [2.45, 2.75) is 26.7 Å². The summed E-state index contributed by atoms with van der Waals surface area (Å²) in [5.41, 5.74) is 5.09. The minimum Gasteiger partial charge on any atom is -0.316 e. The molecule has 1 saturated heterocycles. The molecule has 1 aromatic heterocycles. The highest BCUT2D eigenvalue weighted by atomic mass is 16.2. The van der Waals surface area contributed by atoms with E-state index < -0.39 is 0 Å². The maximum Gasteiger partial charge on any atom is 0.243 e. The molecule has 4 nitrogen and oxygen atoms in total. The SMILES string of the molecule is Cc1ccc(C)n1NC(=O)[C@H]1CCCNC1. The average molecular weight is 221 g/mol. The number of hydrogen-bond acceptors (Lipinski definition) is 2. The lowest BCUT2D eigenvalue weighted by Gasteiger charge is -2.23. The summed E-state index contributed by atoms with van der Waals surface area (Å²) < 4.78 is 1.86. The van der Waals surface area contributed by atoms with Crippen LogP contribution in [0.4, 0.5) is 0 Å². The second-order valence-electron chi connectivity index (χ2n) is 4.47. The normalized spacial score (nSPS) is 20.8. The summed E-state index contributed by atoms with van der Waals surface area (Å²) in [4.78, 5) is 12.0. The van der Waals surface area contributed by atoms with Gasteiger partial charge in [0, 0.05) is 17.9 Å². The van der Waals surface area contributed by atoms with Gasteiger partial charge in [-0.25, -0.2) is 0 Å². The zero-order valence-electron chi connectivity index (χ0n) is 9.92. The van der Waals surface area contributed by atoms with Crippen LogP contribution in [0.1, 0.15) is 24.2 Å². The monoisotopic (exact) mass is 221 g/mol. The molecule has 1 amide bonds. The van der Waals surface area contributed by atoms with Crippen LogP contribution >= 0.6 is 0 Å². The predicted molar refractivity (Wildman–Crippen MR) is 63.9 cm³/mol. The number of nitrogens with zero attached hydrogens (tertiary/aromatic N) is 1. The molecule has 0 bridgehead atoms. The molecule has 4 heteroatoms. The molecule has 2 N–H and O–H groups in total. The molecular formula is C12H19N3O. The van der Waals surface area contributed by atoms with Crippen LogP contribution in [0.25, 0.3) is 0 Å². The molecule has 0 radical (unpaired) electrons. The maximum atomic E-state index is 12.0. The lowest BCUT2D eigenvalue weighted by atomic mass is 9.99. The highest BCUT2D eigenvalue weighted by molar-refractivity contribution is 5.86. The van der Waals surface area contributed by atoms with E-state index in [1.54, 1.807) is 0 Å². The Labute approximate surface area is 96.0 Å². The molecule has 0 spiro atoms. The van der Waals surface area contributed by atoms with Gasteiger partial charge in [0.05, 0.1) is 5.92 Å². The number of piperidine rings is 1. The minimum atomic E-state index is 0.106. The Hall–Kier alpha value is -1.29. The summed E-state index contributed by atoms with van der Waals surface area (Å²) in [5, 5.41) is 3.25. The summed E-state index contributed by atoms with van der Waals surface area (Å²) in [7, 11) is 0. The van der Waals surface area contributed by atoms with E-state index in [0.717, 1.165) is 37.3 Å². The zero-order valence-corrected chi connectivity index (χ0v) is 9.92. The van der Waals surface area contributed by atoms with Crippen LogP contribution in [-0.4, -0.2) is 23.7 Å². The third-order valence-corrected chi connectivity index (χ3v) is 3.16. The maximum absolute atomic E-state index is 12.0. The summed E-state index contributed by atoms with van der Waals surface area (Å²) in [6.45, 7) is 5.81. The van der Waals surface area contributed by atoms with Gasteiger partial charge >= 0.3 is 0 Å². The average Bonchev–Trinajstić information content (AvgIpc) is 2.62. The van der Waals surface area contributed by atoms with Gasteiger partial charge in [-0.1, -0.05) is 0 Å². The second-order valence-corrected chi connectivity index (χ2v) is 4.47. The van der Waals surface area contributed by atoms with Crippen molar-refractivity contribution < 1.29 is 4.79 Å². The topological polar surface area (TPSA) is 46.1 Å². The first-order valence-corrected chi connectivity index (χ1v) is 5.85. The Morgan fingerprint density at radius 3 is 2.69 bits per heavy atom. The van der Waals surface area contributed by atoms with E-state index >= 15 is 0 Å². The van der Waals surface area contributed by atoms with Crippen molar-refractivity contribution in [3.05, 3.63) is 23.5 Å². The van der Waals surface area contributed by atoms with Crippen LogP contribution in [-0.2, 0) is 4.79 Å². The van der Waals surface area contributed by atoms with Crippen molar-refractivity contribution in [3.8, 4) is 0 Å². The number of carbonyl (C=O) groups is 1. The molecule has 2 rings (SSSR count). The first kappa shape index (κ1) is 11.2. The molecule has 0 saturated carbocycles. The van der Waals surface area contributed by atoms with Gasteiger partial charge in [0.2, 0.25) is 5.91 Å². The zero-order chi connectivity index (χ0) is 11.5. The lowest BCUT2D eigenvalue weighted by Crippen LogP contribution is -2.40. The van der Waals surface area contributed by atoms with Gasteiger partial charge in [-0.15, -0.1) is 0 Å². The molecule has 2 heterocycles. The van der Waals surface area contributed by atoms with Crippen LogP contribution in [0.2, 0.25) is 0 Å². The van der Waals surface area contributed by atoms with Gasteiger partial charge in [0.1, 0.15) is 0 Å². The summed E-state index contributed by atoms with van der Waals surface area (Å²) in [5.74, 6) is 0.226. The van der Waals surface area contributed by atoms with Gasteiger partial charge in [-0.2, -0.15) is 0 Å². The van der Waals surface area contributed by atoms with E-state index in [9.17, 15) is 4.79 Å². The largest absolute Gasteiger partial charge is 0.316 e. The van der Waals surface area contributed by atoms with Gasteiger partial charge < -0.3 is 5.32 Å². The van der Waals surface area contributed by atoms with Crippen molar-refractivity contribution in [2.75, 3.05) is 18.5 Å². The molecule has 1 fully saturated rings. The second kappa shape index (κ2) is 4.70. The molecule has 1 aliphatic rings. The number of hydrogen-bond donors (Lipinski definition) is 2. The molecule has 0 unspecified atom stereocenters. The van der Waals surface area contributed by atoms with Crippen LogP contribution in [0.5, 0.6) is 0 Å². The van der Waals surface area contributed by atoms with E-state index in [2.05, 4.69) is 10.7 Å². The number of nitrogens with one attached hydrogen (secondary N) is 2.